The average Bonchev–Trinajstić information content (AvgIpc) is 2.53. The van der Waals surface area contributed by atoms with Crippen molar-refractivity contribution in [1.29, 1.82) is 0 Å². The van der Waals surface area contributed by atoms with E-state index in [1.54, 1.807) is 0 Å². The zero-order valence-electron chi connectivity index (χ0n) is 15.8. The number of rotatable bonds is 7. The Morgan fingerprint density at radius 3 is 2.43 bits per heavy atom. The summed E-state index contributed by atoms with van der Waals surface area (Å²) in [4.78, 5) is 2.36. The summed E-state index contributed by atoms with van der Waals surface area (Å²) >= 11 is 0. The number of likely N-dealkylation sites (N-methyl/N-ethyl adjacent to an activating group) is 1. The fourth-order valence-corrected chi connectivity index (χ4v) is 4.60. The third-order valence-corrected chi connectivity index (χ3v) is 6.16. The van der Waals surface area contributed by atoms with Crippen LogP contribution in [-0.2, 0) is 4.74 Å². The van der Waals surface area contributed by atoms with Crippen molar-refractivity contribution in [3.8, 4) is 0 Å². The fraction of sp³-hybridized carbons (Fsp3) is 1.00. The van der Waals surface area contributed by atoms with Crippen LogP contribution in [0.25, 0.3) is 0 Å². The summed E-state index contributed by atoms with van der Waals surface area (Å²) in [6.45, 7) is 8.20. The van der Waals surface area contributed by atoms with Gasteiger partial charge in [0.25, 0.3) is 0 Å². The van der Waals surface area contributed by atoms with Crippen LogP contribution in [0.1, 0.15) is 72.1 Å². The quantitative estimate of drug-likeness (QED) is 0.765. The fourth-order valence-electron chi connectivity index (χ4n) is 4.60. The molecule has 0 aromatic carbocycles. The largest absolute Gasteiger partial charge is 0.389 e. The molecule has 2 rings (SSSR count). The molecule has 2 aliphatic carbocycles. The Morgan fingerprint density at radius 2 is 1.78 bits per heavy atom. The molecule has 2 fully saturated rings. The number of aliphatic hydroxyl groups excluding tert-OH is 1. The van der Waals surface area contributed by atoms with Crippen molar-refractivity contribution < 1.29 is 9.84 Å². The highest BCUT2D eigenvalue weighted by Gasteiger charge is 2.32. The Bertz CT molecular complexity index is 328. The highest BCUT2D eigenvalue weighted by Crippen LogP contribution is 2.35. The normalized spacial score (nSPS) is 31.7. The minimum Gasteiger partial charge on any atom is -0.389 e. The van der Waals surface area contributed by atoms with Crippen LogP contribution in [0.2, 0.25) is 0 Å². The SMILES string of the molecule is CC(C)[C@H]1CC[C@@H](C)C[C@H]1OC[C@@H](O)CN(C)C1CCCCC1. The minimum absolute atomic E-state index is 0.341. The van der Waals surface area contributed by atoms with Crippen LogP contribution in [0, 0.1) is 17.8 Å². The molecule has 0 saturated heterocycles. The van der Waals surface area contributed by atoms with Gasteiger partial charge in [-0.1, -0.05) is 46.5 Å². The van der Waals surface area contributed by atoms with E-state index >= 15 is 0 Å². The van der Waals surface area contributed by atoms with Crippen molar-refractivity contribution in [2.24, 2.45) is 17.8 Å². The molecule has 4 atom stereocenters. The number of hydrogen-bond donors (Lipinski definition) is 1. The molecule has 0 aliphatic heterocycles. The number of aliphatic hydroxyl groups is 1. The van der Waals surface area contributed by atoms with Gasteiger partial charge in [0.15, 0.2) is 0 Å². The van der Waals surface area contributed by atoms with Gasteiger partial charge in [0, 0.05) is 12.6 Å². The first-order chi connectivity index (χ1) is 11.0. The van der Waals surface area contributed by atoms with Crippen molar-refractivity contribution in [2.45, 2.75) is 90.4 Å². The van der Waals surface area contributed by atoms with Crippen LogP contribution in [-0.4, -0.2) is 48.5 Å². The zero-order chi connectivity index (χ0) is 16.8. The molecule has 136 valence electrons. The summed E-state index contributed by atoms with van der Waals surface area (Å²) in [7, 11) is 2.17. The monoisotopic (exact) mass is 325 g/mol. The first-order valence-electron chi connectivity index (χ1n) is 9.97. The number of ether oxygens (including phenoxy) is 1. The van der Waals surface area contributed by atoms with Crippen LogP contribution < -0.4 is 0 Å². The van der Waals surface area contributed by atoms with Gasteiger partial charge in [-0.25, -0.2) is 0 Å². The number of nitrogens with zero attached hydrogens (tertiary/aromatic N) is 1. The Balaban J connectivity index is 1.74. The molecule has 0 aromatic rings. The molecule has 2 saturated carbocycles. The molecule has 2 aliphatic rings. The first kappa shape index (κ1) is 19.2. The Morgan fingerprint density at radius 1 is 1.09 bits per heavy atom. The van der Waals surface area contributed by atoms with Crippen LogP contribution >= 0.6 is 0 Å². The summed E-state index contributed by atoms with van der Waals surface area (Å²) in [6.07, 6.45) is 10.4. The molecule has 0 radical (unpaired) electrons. The lowest BCUT2D eigenvalue weighted by atomic mass is 9.75. The van der Waals surface area contributed by atoms with Gasteiger partial charge in [0.05, 0.1) is 18.8 Å². The predicted octanol–water partition coefficient (Wildman–Crippen LogP) is 4.09. The smallest absolute Gasteiger partial charge is 0.0900 e. The molecule has 3 heteroatoms. The second kappa shape index (κ2) is 9.39. The van der Waals surface area contributed by atoms with Crippen LogP contribution in [0.5, 0.6) is 0 Å². The van der Waals surface area contributed by atoms with Gasteiger partial charge < -0.3 is 14.7 Å². The minimum atomic E-state index is -0.355. The highest BCUT2D eigenvalue weighted by molar-refractivity contribution is 4.82. The molecule has 1 N–H and O–H groups in total. The molecule has 0 bridgehead atoms. The van der Waals surface area contributed by atoms with E-state index in [1.165, 1.54) is 44.9 Å². The maximum atomic E-state index is 10.4. The third-order valence-electron chi connectivity index (χ3n) is 6.16. The first-order valence-corrected chi connectivity index (χ1v) is 9.97. The second-order valence-corrected chi connectivity index (χ2v) is 8.58. The molecular weight excluding hydrogens is 286 g/mol. The van der Waals surface area contributed by atoms with Gasteiger partial charge in [-0.15, -0.1) is 0 Å². The van der Waals surface area contributed by atoms with Crippen molar-refractivity contribution in [3.05, 3.63) is 0 Å². The van der Waals surface area contributed by atoms with E-state index in [9.17, 15) is 5.11 Å². The molecule has 0 heterocycles. The van der Waals surface area contributed by atoms with E-state index in [0.717, 1.165) is 18.9 Å². The average molecular weight is 326 g/mol. The summed E-state index contributed by atoms with van der Waals surface area (Å²) in [5.41, 5.74) is 0. The topological polar surface area (TPSA) is 32.7 Å². The maximum Gasteiger partial charge on any atom is 0.0900 e. The lowest BCUT2D eigenvalue weighted by molar-refractivity contribution is -0.0749. The van der Waals surface area contributed by atoms with E-state index in [1.807, 2.05) is 0 Å². The van der Waals surface area contributed by atoms with E-state index in [2.05, 4.69) is 32.7 Å². The summed E-state index contributed by atoms with van der Waals surface area (Å²) < 4.78 is 6.20. The molecule has 0 unspecified atom stereocenters. The van der Waals surface area contributed by atoms with Gasteiger partial charge in [-0.2, -0.15) is 0 Å². The van der Waals surface area contributed by atoms with Gasteiger partial charge in [-0.3, -0.25) is 0 Å². The molecule has 0 amide bonds. The van der Waals surface area contributed by atoms with Gasteiger partial charge in [0.1, 0.15) is 0 Å². The lowest BCUT2D eigenvalue weighted by Crippen LogP contribution is -2.42. The van der Waals surface area contributed by atoms with E-state index in [4.69, 9.17) is 4.74 Å². The van der Waals surface area contributed by atoms with Crippen LogP contribution in [0.4, 0.5) is 0 Å². The van der Waals surface area contributed by atoms with Crippen molar-refractivity contribution in [2.75, 3.05) is 20.2 Å². The van der Waals surface area contributed by atoms with Crippen molar-refractivity contribution in [1.82, 2.24) is 4.90 Å². The van der Waals surface area contributed by atoms with Gasteiger partial charge in [0.2, 0.25) is 0 Å². The molecule has 3 nitrogen and oxygen atoms in total. The Hall–Kier alpha value is -0.120. The van der Waals surface area contributed by atoms with Crippen molar-refractivity contribution in [3.63, 3.8) is 0 Å². The Labute approximate surface area is 143 Å². The maximum absolute atomic E-state index is 10.4. The van der Waals surface area contributed by atoms with Crippen LogP contribution in [0.15, 0.2) is 0 Å². The Kier molecular flexibility index (Phi) is 7.84. The standard InChI is InChI=1S/C20H39NO2/c1-15(2)19-11-10-16(3)12-20(19)23-14-18(22)13-21(4)17-8-6-5-7-9-17/h15-20,22H,5-14H2,1-4H3/t16-,18+,19-,20-/m1/s1. The summed E-state index contributed by atoms with van der Waals surface area (Å²) in [5.74, 6) is 2.10. The predicted molar refractivity (Wildman–Crippen MR) is 96.6 cm³/mol. The molecule has 23 heavy (non-hydrogen) atoms. The summed E-state index contributed by atoms with van der Waals surface area (Å²) in [5, 5.41) is 10.4. The van der Waals surface area contributed by atoms with E-state index in [0.29, 0.717) is 30.6 Å². The zero-order valence-corrected chi connectivity index (χ0v) is 15.8. The second-order valence-electron chi connectivity index (χ2n) is 8.58. The summed E-state index contributed by atoms with van der Waals surface area (Å²) in [6, 6.07) is 0.663. The van der Waals surface area contributed by atoms with Crippen molar-refractivity contribution >= 4 is 0 Å². The van der Waals surface area contributed by atoms with Crippen LogP contribution in [0.3, 0.4) is 0 Å². The molecule has 0 aromatic heterocycles. The lowest BCUT2D eigenvalue weighted by Gasteiger charge is -2.38. The van der Waals surface area contributed by atoms with Gasteiger partial charge >= 0.3 is 0 Å². The van der Waals surface area contributed by atoms with E-state index < -0.39 is 0 Å². The third kappa shape index (κ3) is 6.03. The highest BCUT2D eigenvalue weighted by atomic mass is 16.5. The molecule has 0 spiro atoms. The molecular formula is C20H39NO2. The van der Waals surface area contributed by atoms with E-state index in [-0.39, 0.29) is 6.10 Å². The number of hydrogen-bond acceptors (Lipinski definition) is 3. The van der Waals surface area contributed by atoms with Gasteiger partial charge in [-0.05, 0) is 50.5 Å².